The Labute approximate surface area is 262 Å². The predicted molar refractivity (Wildman–Crippen MR) is 166 cm³/mol. The Kier molecular flexibility index (Phi) is 8.45. The quantitative estimate of drug-likeness (QED) is 0.235. The summed E-state index contributed by atoms with van der Waals surface area (Å²) in [4.78, 5) is 32.2. The smallest absolute Gasteiger partial charge is 0.338 e. The minimum atomic E-state index is -0.675. The zero-order valence-corrected chi connectivity index (χ0v) is 25.9. The van der Waals surface area contributed by atoms with Crippen molar-refractivity contribution in [1.29, 1.82) is 0 Å². The fourth-order valence-corrected chi connectivity index (χ4v) is 6.52. The van der Waals surface area contributed by atoms with Gasteiger partial charge in [0, 0.05) is 0 Å². The molecule has 0 N–H and O–H groups in total. The summed E-state index contributed by atoms with van der Waals surface area (Å²) in [6.45, 7) is 4.60. The monoisotopic (exact) mass is 632 g/mol. The Bertz CT molecular complexity index is 1950. The average molecular weight is 633 g/mol. The van der Waals surface area contributed by atoms with Crippen LogP contribution in [0, 0.1) is 0 Å². The summed E-state index contributed by atoms with van der Waals surface area (Å²) in [5, 5.41) is 0.333. The maximum absolute atomic E-state index is 14.0. The summed E-state index contributed by atoms with van der Waals surface area (Å²) in [5.74, 6) is 1.68. The van der Waals surface area contributed by atoms with Crippen LogP contribution in [0.2, 0.25) is 5.02 Å². The topological polar surface area (TPSA) is 97.6 Å². The number of hydrogen-bond acceptors (Lipinski definition) is 9. The number of carbonyl (C=O) groups excluding carboxylic acids is 1. The van der Waals surface area contributed by atoms with E-state index >= 15 is 0 Å². The lowest BCUT2D eigenvalue weighted by atomic mass is 9.95. The van der Waals surface area contributed by atoms with Gasteiger partial charge in [-0.2, -0.15) is 0 Å². The molecule has 0 aliphatic carbocycles. The molecule has 0 unspecified atom stereocenters. The summed E-state index contributed by atoms with van der Waals surface area (Å²) in [5.41, 5.74) is 2.97. The number of carbonyl (C=O) groups is 1. The number of aromatic nitrogens is 1. The van der Waals surface area contributed by atoms with Gasteiger partial charge in [-0.1, -0.05) is 66.3 Å². The van der Waals surface area contributed by atoms with Crippen molar-refractivity contribution >= 4 is 35.0 Å². The van der Waals surface area contributed by atoms with Gasteiger partial charge in [-0.3, -0.25) is 9.36 Å². The fourth-order valence-electron chi connectivity index (χ4n) is 5.23. The highest BCUT2D eigenvalue weighted by atomic mass is 35.5. The second-order valence-electron chi connectivity index (χ2n) is 9.94. The van der Waals surface area contributed by atoms with Crippen molar-refractivity contribution in [2.45, 2.75) is 32.9 Å². The number of ether oxygens (including phenoxy) is 5. The molecule has 9 nitrogen and oxygen atoms in total. The molecule has 3 heterocycles. The molecular weight excluding hydrogens is 604 g/mol. The van der Waals surface area contributed by atoms with E-state index in [1.165, 1.54) is 18.4 Å². The first kappa shape index (κ1) is 29.5. The molecule has 0 saturated carbocycles. The highest BCUT2D eigenvalue weighted by Crippen LogP contribution is 2.39. The van der Waals surface area contributed by atoms with Gasteiger partial charge >= 0.3 is 5.97 Å². The molecule has 1 aromatic heterocycles. The number of rotatable bonds is 9. The molecule has 2 aliphatic heterocycles. The van der Waals surface area contributed by atoms with E-state index in [1.54, 1.807) is 22.8 Å². The van der Waals surface area contributed by atoms with Gasteiger partial charge in [0.05, 0.1) is 40.6 Å². The van der Waals surface area contributed by atoms with Gasteiger partial charge in [-0.05, 0) is 60.4 Å². The third kappa shape index (κ3) is 5.58. The Morgan fingerprint density at radius 1 is 1.09 bits per heavy atom. The third-order valence-electron chi connectivity index (χ3n) is 7.22. The van der Waals surface area contributed by atoms with Crippen LogP contribution >= 0.6 is 22.9 Å². The van der Waals surface area contributed by atoms with Crippen LogP contribution in [0.3, 0.4) is 0 Å². The Morgan fingerprint density at radius 3 is 2.64 bits per heavy atom. The molecule has 1 atom stereocenters. The van der Waals surface area contributed by atoms with Crippen LogP contribution in [0.15, 0.2) is 81.7 Å². The molecular formula is C33H29ClN2O7S. The van der Waals surface area contributed by atoms with Gasteiger partial charge in [-0.15, -0.1) is 0 Å². The average Bonchev–Trinajstić information content (AvgIpc) is 3.63. The van der Waals surface area contributed by atoms with E-state index in [9.17, 15) is 9.59 Å². The van der Waals surface area contributed by atoms with Crippen LogP contribution in [0.1, 0.15) is 43.0 Å². The number of fused-ring (bicyclic) bond motifs is 2. The molecule has 0 saturated heterocycles. The standard InChI is InChI=1S/C33H29ClN2O7S/c1-4-23-28(32(38)39-3)29(21-9-7-6-8-10-21)36-31(37)27(44-33(36)35-23)16-20-13-22(34)30(26(15-20)40-5-2)41-17-19-11-12-24-25(14-19)43-18-42-24/h6-16,29H,4-5,17-18H2,1-3H3/b27-16-/t29-/m1/s1. The summed E-state index contributed by atoms with van der Waals surface area (Å²) >= 11 is 7.97. The van der Waals surface area contributed by atoms with E-state index in [2.05, 4.69) is 0 Å². The fraction of sp³-hybridized carbons (Fsp3) is 0.242. The molecule has 4 aromatic rings. The number of nitrogens with zero attached hydrogens (tertiary/aromatic N) is 2. The highest BCUT2D eigenvalue weighted by molar-refractivity contribution is 7.07. The Balaban J connectivity index is 1.39. The number of benzene rings is 3. The minimum Gasteiger partial charge on any atom is -0.490 e. The first-order valence-electron chi connectivity index (χ1n) is 14.1. The van der Waals surface area contributed by atoms with Gasteiger partial charge < -0.3 is 23.7 Å². The molecule has 11 heteroatoms. The molecule has 3 aromatic carbocycles. The van der Waals surface area contributed by atoms with Gasteiger partial charge in [0.25, 0.3) is 5.56 Å². The van der Waals surface area contributed by atoms with Crippen LogP contribution in [0.5, 0.6) is 23.0 Å². The van der Waals surface area contributed by atoms with Crippen molar-refractivity contribution in [1.82, 2.24) is 4.57 Å². The highest BCUT2D eigenvalue weighted by Gasteiger charge is 2.33. The lowest BCUT2D eigenvalue weighted by molar-refractivity contribution is -0.136. The largest absolute Gasteiger partial charge is 0.490 e. The van der Waals surface area contributed by atoms with Crippen LogP contribution in [0.25, 0.3) is 6.08 Å². The number of allylic oxidation sites excluding steroid dienone is 1. The first-order chi connectivity index (χ1) is 21.4. The van der Waals surface area contributed by atoms with Crippen molar-refractivity contribution in [2.24, 2.45) is 4.99 Å². The number of esters is 1. The van der Waals surface area contributed by atoms with Crippen LogP contribution in [0.4, 0.5) is 0 Å². The first-order valence-corrected chi connectivity index (χ1v) is 15.3. The van der Waals surface area contributed by atoms with Gasteiger partial charge in [0.2, 0.25) is 6.79 Å². The van der Waals surface area contributed by atoms with Gasteiger partial charge in [0.15, 0.2) is 27.8 Å². The maximum Gasteiger partial charge on any atom is 0.338 e. The minimum absolute atomic E-state index is 0.193. The molecule has 6 rings (SSSR count). The predicted octanol–water partition coefficient (Wildman–Crippen LogP) is 5.16. The number of thiazole rings is 1. The molecule has 226 valence electrons. The van der Waals surface area contributed by atoms with Crippen molar-refractivity contribution < 1.29 is 28.5 Å². The summed E-state index contributed by atoms with van der Waals surface area (Å²) < 4.78 is 30.0. The van der Waals surface area contributed by atoms with Crippen molar-refractivity contribution in [2.75, 3.05) is 20.5 Å². The Hall–Kier alpha value is -4.54. The Morgan fingerprint density at radius 2 is 1.89 bits per heavy atom. The molecule has 44 heavy (non-hydrogen) atoms. The van der Waals surface area contributed by atoms with E-state index in [-0.39, 0.29) is 19.0 Å². The molecule has 0 amide bonds. The second kappa shape index (κ2) is 12.6. The zero-order chi connectivity index (χ0) is 30.8. The maximum atomic E-state index is 14.0. The number of hydrogen-bond donors (Lipinski definition) is 0. The second-order valence-corrected chi connectivity index (χ2v) is 11.4. The van der Waals surface area contributed by atoms with Crippen molar-refractivity contribution in [3.8, 4) is 23.0 Å². The molecule has 0 radical (unpaired) electrons. The molecule has 0 bridgehead atoms. The van der Waals surface area contributed by atoms with Gasteiger partial charge in [-0.25, -0.2) is 9.79 Å². The van der Waals surface area contributed by atoms with E-state index in [0.717, 1.165) is 11.1 Å². The third-order valence-corrected chi connectivity index (χ3v) is 8.48. The molecule has 2 aliphatic rings. The van der Waals surface area contributed by atoms with E-state index in [4.69, 9.17) is 40.3 Å². The number of halogens is 1. The number of methoxy groups -OCH3 is 1. The van der Waals surface area contributed by atoms with E-state index in [1.807, 2.05) is 62.4 Å². The van der Waals surface area contributed by atoms with E-state index < -0.39 is 12.0 Å². The van der Waals surface area contributed by atoms with Crippen molar-refractivity contribution in [3.63, 3.8) is 0 Å². The summed E-state index contributed by atoms with van der Waals surface area (Å²) in [7, 11) is 1.33. The SMILES string of the molecule is CCOc1cc(/C=c2\sc3n(c2=O)[C@H](c2ccccc2)C(C(=O)OC)=C(CC)N=3)cc(Cl)c1OCc1ccc2c(c1)OCO2. The molecule has 0 fully saturated rings. The summed E-state index contributed by atoms with van der Waals surface area (Å²) in [6.07, 6.45) is 2.25. The zero-order valence-electron chi connectivity index (χ0n) is 24.3. The van der Waals surface area contributed by atoms with Crippen molar-refractivity contribution in [3.05, 3.63) is 113 Å². The lowest BCUT2D eigenvalue weighted by Gasteiger charge is -2.25. The van der Waals surface area contributed by atoms with Crippen LogP contribution in [-0.2, 0) is 16.1 Å². The van der Waals surface area contributed by atoms with E-state index in [0.29, 0.717) is 67.2 Å². The normalized spacial score (nSPS) is 15.5. The van der Waals surface area contributed by atoms with Crippen LogP contribution in [-0.4, -0.2) is 31.0 Å². The lowest BCUT2D eigenvalue weighted by Crippen LogP contribution is -2.40. The van der Waals surface area contributed by atoms with Gasteiger partial charge in [0.1, 0.15) is 6.61 Å². The van der Waals surface area contributed by atoms with Crippen LogP contribution < -0.4 is 33.8 Å². The molecule has 0 spiro atoms. The summed E-state index contributed by atoms with van der Waals surface area (Å²) in [6, 6.07) is 17.8.